The highest BCUT2D eigenvalue weighted by atomic mass is 16.4. The summed E-state index contributed by atoms with van der Waals surface area (Å²) in [7, 11) is 0. The van der Waals surface area contributed by atoms with E-state index in [1.54, 1.807) is 0 Å². The molecule has 1 aliphatic carbocycles. The zero-order valence-corrected chi connectivity index (χ0v) is 11.1. The summed E-state index contributed by atoms with van der Waals surface area (Å²) in [6.45, 7) is 2.10. The Balaban J connectivity index is 2.15. The largest absolute Gasteiger partial charge is 0.481 e. The smallest absolute Gasteiger partial charge is 0.310 e. The molecule has 2 heteroatoms. The van der Waals surface area contributed by atoms with E-state index in [9.17, 15) is 9.90 Å². The number of benzene rings is 1. The van der Waals surface area contributed by atoms with Crippen LogP contribution in [0.25, 0.3) is 0 Å². The molecule has 1 saturated carbocycles. The van der Waals surface area contributed by atoms with Crippen LogP contribution in [0.15, 0.2) is 24.3 Å². The first-order valence-electron chi connectivity index (χ1n) is 7.05. The predicted octanol–water partition coefficient (Wildman–Crippen LogP) is 4.31. The van der Waals surface area contributed by atoms with Gasteiger partial charge in [-0.05, 0) is 36.3 Å². The molecule has 1 fully saturated rings. The number of carbonyl (C=O) groups is 1. The Morgan fingerprint density at radius 3 is 2.78 bits per heavy atom. The van der Waals surface area contributed by atoms with Gasteiger partial charge in [0.25, 0.3) is 0 Å². The summed E-state index contributed by atoms with van der Waals surface area (Å²) >= 11 is 0. The molecule has 2 rings (SSSR count). The Hall–Kier alpha value is -1.31. The van der Waals surface area contributed by atoms with Crippen LogP contribution < -0.4 is 0 Å². The molecule has 1 aromatic rings. The number of unbranched alkanes of at least 4 members (excludes halogenated alkanes) is 1. The lowest BCUT2D eigenvalue weighted by Crippen LogP contribution is -2.13. The third-order valence-corrected chi connectivity index (χ3v) is 4.03. The zero-order valence-electron chi connectivity index (χ0n) is 11.1. The fourth-order valence-electron chi connectivity index (χ4n) is 2.61. The van der Waals surface area contributed by atoms with Crippen molar-refractivity contribution in [3.05, 3.63) is 35.4 Å². The van der Waals surface area contributed by atoms with E-state index < -0.39 is 5.97 Å². The quantitative estimate of drug-likeness (QED) is 0.812. The van der Waals surface area contributed by atoms with Gasteiger partial charge in [-0.25, -0.2) is 0 Å². The van der Waals surface area contributed by atoms with Gasteiger partial charge in [0.15, 0.2) is 0 Å². The molecule has 0 radical (unpaired) electrons. The number of aliphatic carboxylic acids is 1. The monoisotopic (exact) mass is 246 g/mol. The molecule has 0 amide bonds. The summed E-state index contributed by atoms with van der Waals surface area (Å²) in [4.78, 5) is 11.4. The van der Waals surface area contributed by atoms with Gasteiger partial charge in [0.05, 0.1) is 5.92 Å². The molecular weight excluding hydrogens is 224 g/mol. The van der Waals surface area contributed by atoms with Gasteiger partial charge in [-0.1, -0.05) is 50.5 Å². The molecule has 0 saturated heterocycles. The van der Waals surface area contributed by atoms with Gasteiger partial charge in [-0.3, -0.25) is 4.79 Å². The van der Waals surface area contributed by atoms with Crippen molar-refractivity contribution in [1.29, 1.82) is 0 Å². The van der Waals surface area contributed by atoms with Crippen LogP contribution >= 0.6 is 0 Å². The van der Waals surface area contributed by atoms with Crippen molar-refractivity contribution in [1.82, 2.24) is 0 Å². The van der Waals surface area contributed by atoms with E-state index in [0.29, 0.717) is 5.92 Å². The number of carboxylic acid groups (broad SMARTS) is 1. The topological polar surface area (TPSA) is 37.3 Å². The SMILES string of the molecule is CCCCC(C(=O)O)c1cccc(C2CCC2)c1. The van der Waals surface area contributed by atoms with Crippen LogP contribution in [0, 0.1) is 0 Å². The van der Waals surface area contributed by atoms with E-state index in [0.717, 1.165) is 24.8 Å². The van der Waals surface area contributed by atoms with Crippen LogP contribution in [0.1, 0.15) is 68.4 Å². The lowest BCUT2D eigenvalue weighted by atomic mass is 9.79. The van der Waals surface area contributed by atoms with Gasteiger partial charge >= 0.3 is 5.97 Å². The molecular formula is C16H22O2. The molecule has 1 atom stereocenters. The van der Waals surface area contributed by atoms with E-state index in [-0.39, 0.29) is 5.92 Å². The molecule has 2 nitrogen and oxygen atoms in total. The highest BCUT2D eigenvalue weighted by molar-refractivity contribution is 5.76. The minimum Gasteiger partial charge on any atom is -0.481 e. The van der Waals surface area contributed by atoms with E-state index >= 15 is 0 Å². The number of hydrogen-bond acceptors (Lipinski definition) is 1. The van der Waals surface area contributed by atoms with Gasteiger partial charge in [-0.2, -0.15) is 0 Å². The highest BCUT2D eigenvalue weighted by Crippen LogP contribution is 2.37. The van der Waals surface area contributed by atoms with Crippen LogP contribution in [-0.2, 0) is 4.79 Å². The van der Waals surface area contributed by atoms with Crippen molar-refractivity contribution in [2.24, 2.45) is 0 Å². The molecule has 0 aromatic heterocycles. The third kappa shape index (κ3) is 2.92. The molecule has 1 unspecified atom stereocenters. The van der Waals surface area contributed by atoms with Crippen LogP contribution in [0.2, 0.25) is 0 Å². The van der Waals surface area contributed by atoms with Crippen molar-refractivity contribution in [3.8, 4) is 0 Å². The lowest BCUT2D eigenvalue weighted by molar-refractivity contribution is -0.139. The maximum atomic E-state index is 11.4. The first-order valence-corrected chi connectivity index (χ1v) is 7.05. The zero-order chi connectivity index (χ0) is 13.0. The van der Waals surface area contributed by atoms with Crippen LogP contribution in [0.3, 0.4) is 0 Å². The van der Waals surface area contributed by atoms with Gasteiger partial charge < -0.3 is 5.11 Å². The summed E-state index contributed by atoms with van der Waals surface area (Å²) < 4.78 is 0. The first-order chi connectivity index (χ1) is 8.72. The molecule has 1 aliphatic rings. The maximum Gasteiger partial charge on any atom is 0.310 e. The van der Waals surface area contributed by atoms with E-state index in [4.69, 9.17) is 0 Å². The van der Waals surface area contributed by atoms with Crippen LogP contribution in [0.5, 0.6) is 0 Å². The maximum absolute atomic E-state index is 11.4. The Labute approximate surface area is 109 Å². The molecule has 18 heavy (non-hydrogen) atoms. The van der Waals surface area contributed by atoms with E-state index in [1.165, 1.54) is 24.8 Å². The Bertz CT molecular complexity index is 407. The first kappa shape index (κ1) is 13.1. The summed E-state index contributed by atoms with van der Waals surface area (Å²) in [5.41, 5.74) is 2.32. The van der Waals surface area contributed by atoms with Gasteiger partial charge in [0.1, 0.15) is 0 Å². The lowest BCUT2D eigenvalue weighted by Gasteiger charge is -2.26. The van der Waals surface area contributed by atoms with Crippen LogP contribution in [-0.4, -0.2) is 11.1 Å². The summed E-state index contributed by atoms with van der Waals surface area (Å²) in [6, 6.07) is 8.26. The minimum atomic E-state index is -0.686. The molecule has 0 bridgehead atoms. The standard InChI is InChI=1S/C16H22O2/c1-2-3-10-15(16(17)18)14-9-5-8-13(11-14)12-6-4-7-12/h5,8-9,11-12,15H,2-4,6-7,10H2,1H3,(H,17,18). The number of rotatable bonds is 6. The number of hydrogen-bond donors (Lipinski definition) is 1. The molecule has 98 valence electrons. The fraction of sp³-hybridized carbons (Fsp3) is 0.562. The predicted molar refractivity (Wildman–Crippen MR) is 72.9 cm³/mol. The van der Waals surface area contributed by atoms with Crippen molar-refractivity contribution >= 4 is 5.97 Å². The van der Waals surface area contributed by atoms with Gasteiger partial charge in [0.2, 0.25) is 0 Å². The summed E-state index contributed by atoms with van der Waals surface area (Å²) in [5.74, 6) is -0.343. The second-order valence-corrected chi connectivity index (χ2v) is 5.33. The second kappa shape index (κ2) is 6.03. The fourth-order valence-corrected chi connectivity index (χ4v) is 2.61. The summed E-state index contributed by atoms with van der Waals surface area (Å²) in [6.07, 6.45) is 6.61. The Morgan fingerprint density at radius 1 is 1.44 bits per heavy atom. The van der Waals surface area contributed by atoms with Crippen molar-refractivity contribution < 1.29 is 9.90 Å². The normalized spacial score (nSPS) is 17.2. The molecule has 0 spiro atoms. The third-order valence-electron chi connectivity index (χ3n) is 4.03. The second-order valence-electron chi connectivity index (χ2n) is 5.33. The van der Waals surface area contributed by atoms with Crippen molar-refractivity contribution in [2.75, 3.05) is 0 Å². The van der Waals surface area contributed by atoms with E-state index in [2.05, 4.69) is 19.1 Å². The minimum absolute atomic E-state index is 0.329. The molecule has 1 N–H and O–H groups in total. The molecule has 0 heterocycles. The highest BCUT2D eigenvalue weighted by Gasteiger charge is 2.23. The summed E-state index contributed by atoms with van der Waals surface area (Å²) in [5, 5.41) is 9.35. The Kier molecular flexibility index (Phi) is 4.40. The molecule has 0 aliphatic heterocycles. The van der Waals surface area contributed by atoms with Gasteiger partial charge in [0, 0.05) is 0 Å². The molecule has 1 aromatic carbocycles. The van der Waals surface area contributed by atoms with Crippen molar-refractivity contribution in [3.63, 3.8) is 0 Å². The average Bonchev–Trinajstić information content (AvgIpc) is 2.27. The average molecular weight is 246 g/mol. The Morgan fingerprint density at radius 2 is 2.22 bits per heavy atom. The van der Waals surface area contributed by atoms with E-state index in [1.807, 2.05) is 12.1 Å². The van der Waals surface area contributed by atoms with Crippen molar-refractivity contribution in [2.45, 2.75) is 57.3 Å². The van der Waals surface area contributed by atoms with Gasteiger partial charge in [-0.15, -0.1) is 0 Å². The number of carboxylic acids is 1. The van der Waals surface area contributed by atoms with Crippen LogP contribution in [0.4, 0.5) is 0 Å².